The maximum absolute atomic E-state index is 14.1. The SMILES string of the molecule is CCC(Cc1ccc(-c2cc(C)nn2C)cc1)c1c(F)cccc1F. The number of rotatable bonds is 5. The Kier molecular flexibility index (Phi) is 4.98. The Labute approximate surface area is 147 Å². The third kappa shape index (κ3) is 3.63. The zero-order valence-electron chi connectivity index (χ0n) is 14.8. The van der Waals surface area contributed by atoms with E-state index in [2.05, 4.69) is 5.10 Å². The summed E-state index contributed by atoms with van der Waals surface area (Å²) in [5.41, 5.74) is 4.37. The minimum Gasteiger partial charge on any atom is -0.268 e. The largest absolute Gasteiger partial charge is 0.268 e. The molecule has 0 fully saturated rings. The number of benzene rings is 2. The first-order valence-electron chi connectivity index (χ1n) is 8.53. The van der Waals surface area contributed by atoms with Crippen LogP contribution in [-0.2, 0) is 13.5 Å². The van der Waals surface area contributed by atoms with Crippen molar-refractivity contribution >= 4 is 0 Å². The van der Waals surface area contributed by atoms with Crippen LogP contribution in [0.4, 0.5) is 8.78 Å². The molecular formula is C21H22F2N2. The number of hydrogen-bond donors (Lipinski definition) is 0. The Bertz CT molecular complexity index is 846. The summed E-state index contributed by atoms with van der Waals surface area (Å²) >= 11 is 0. The molecule has 0 aliphatic rings. The Morgan fingerprint density at radius 2 is 1.68 bits per heavy atom. The standard InChI is InChI=1S/C21H22F2N2/c1-4-16(21-18(22)6-5-7-19(21)23)13-15-8-10-17(11-9-15)20-12-14(2)24-25(20)3/h5-12,16H,4,13H2,1-3H3. The van der Waals surface area contributed by atoms with Crippen molar-refractivity contribution in [3.8, 4) is 11.3 Å². The number of aryl methyl sites for hydroxylation is 2. The molecule has 0 aliphatic carbocycles. The van der Waals surface area contributed by atoms with Gasteiger partial charge in [-0.3, -0.25) is 4.68 Å². The van der Waals surface area contributed by atoms with Gasteiger partial charge in [0.05, 0.1) is 11.4 Å². The zero-order chi connectivity index (χ0) is 18.0. The Morgan fingerprint density at radius 3 is 2.20 bits per heavy atom. The molecule has 0 saturated heterocycles. The topological polar surface area (TPSA) is 17.8 Å². The molecule has 0 spiro atoms. The average Bonchev–Trinajstić information content (AvgIpc) is 2.92. The van der Waals surface area contributed by atoms with E-state index < -0.39 is 11.6 Å². The molecule has 25 heavy (non-hydrogen) atoms. The Balaban J connectivity index is 1.84. The normalized spacial score (nSPS) is 12.4. The van der Waals surface area contributed by atoms with E-state index in [-0.39, 0.29) is 11.5 Å². The Morgan fingerprint density at radius 1 is 1.04 bits per heavy atom. The van der Waals surface area contributed by atoms with E-state index in [1.807, 2.05) is 55.9 Å². The summed E-state index contributed by atoms with van der Waals surface area (Å²) < 4.78 is 30.0. The van der Waals surface area contributed by atoms with Crippen LogP contribution in [0.1, 0.15) is 36.1 Å². The van der Waals surface area contributed by atoms with Crippen molar-refractivity contribution in [2.45, 2.75) is 32.6 Å². The van der Waals surface area contributed by atoms with E-state index in [0.29, 0.717) is 12.8 Å². The Hall–Kier alpha value is -2.49. The van der Waals surface area contributed by atoms with Gasteiger partial charge in [-0.25, -0.2) is 8.78 Å². The summed E-state index contributed by atoms with van der Waals surface area (Å²) in [6, 6.07) is 14.2. The van der Waals surface area contributed by atoms with Crippen LogP contribution in [0.5, 0.6) is 0 Å². The summed E-state index contributed by atoms with van der Waals surface area (Å²) in [6.45, 7) is 3.93. The van der Waals surface area contributed by atoms with Crippen LogP contribution < -0.4 is 0 Å². The van der Waals surface area contributed by atoms with Crippen LogP contribution in [0, 0.1) is 18.6 Å². The minimum atomic E-state index is -0.464. The van der Waals surface area contributed by atoms with Gasteiger partial charge >= 0.3 is 0 Å². The van der Waals surface area contributed by atoms with Crippen molar-refractivity contribution in [2.24, 2.45) is 7.05 Å². The molecule has 0 N–H and O–H groups in total. The summed E-state index contributed by atoms with van der Waals surface area (Å²) in [6.07, 6.45) is 1.29. The monoisotopic (exact) mass is 340 g/mol. The molecule has 1 unspecified atom stereocenters. The van der Waals surface area contributed by atoms with Crippen molar-refractivity contribution in [1.82, 2.24) is 9.78 Å². The van der Waals surface area contributed by atoms with Gasteiger partial charge in [0.2, 0.25) is 0 Å². The third-order valence-corrected chi connectivity index (χ3v) is 4.63. The maximum Gasteiger partial charge on any atom is 0.129 e. The molecule has 0 amide bonds. The van der Waals surface area contributed by atoms with Gasteiger partial charge in [-0.15, -0.1) is 0 Å². The lowest BCUT2D eigenvalue weighted by Gasteiger charge is -2.17. The van der Waals surface area contributed by atoms with Crippen molar-refractivity contribution in [3.63, 3.8) is 0 Å². The third-order valence-electron chi connectivity index (χ3n) is 4.63. The van der Waals surface area contributed by atoms with Gasteiger partial charge in [0.25, 0.3) is 0 Å². The zero-order valence-corrected chi connectivity index (χ0v) is 14.8. The van der Waals surface area contributed by atoms with Crippen LogP contribution in [0.15, 0.2) is 48.5 Å². The fraction of sp³-hybridized carbons (Fsp3) is 0.286. The van der Waals surface area contributed by atoms with Gasteiger partial charge < -0.3 is 0 Å². The van der Waals surface area contributed by atoms with Crippen LogP contribution in [0.2, 0.25) is 0 Å². The van der Waals surface area contributed by atoms with Crippen LogP contribution in [0.25, 0.3) is 11.3 Å². The van der Waals surface area contributed by atoms with Crippen molar-refractivity contribution in [1.29, 1.82) is 0 Å². The van der Waals surface area contributed by atoms with Gasteiger partial charge in [-0.05, 0) is 55.0 Å². The molecule has 3 rings (SSSR count). The molecule has 0 bridgehead atoms. The number of aromatic nitrogens is 2. The molecule has 1 aromatic heterocycles. The highest BCUT2D eigenvalue weighted by molar-refractivity contribution is 5.60. The average molecular weight is 340 g/mol. The molecule has 4 heteroatoms. The van der Waals surface area contributed by atoms with E-state index in [0.717, 1.165) is 22.5 Å². The second-order valence-corrected chi connectivity index (χ2v) is 6.44. The molecule has 3 aromatic rings. The molecule has 0 aliphatic heterocycles. The molecule has 0 radical (unpaired) electrons. The molecule has 0 saturated carbocycles. The van der Waals surface area contributed by atoms with Gasteiger partial charge in [-0.2, -0.15) is 5.10 Å². The number of hydrogen-bond acceptors (Lipinski definition) is 1. The predicted molar refractivity (Wildman–Crippen MR) is 96.5 cm³/mol. The first kappa shape index (κ1) is 17.3. The molecule has 1 atom stereocenters. The quantitative estimate of drug-likeness (QED) is 0.607. The first-order valence-corrected chi connectivity index (χ1v) is 8.53. The highest BCUT2D eigenvalue weighted by atomic mass is 19.1. The number of nitrogens with zero attached hydrogens (tertiary/aromatic N) is 2. The van der Waals surface area contributed by atoms with Crippen LogP contribution in [-0.4, -0.2) is 9.78 Å². The smallest absolute Gasteiger partial charge is 0.129 e. The highest BCUT2D eigenvalue weighted by Crippen LogP contribution is 2.29. The molecule has 2 aromatic carbocycles. The first-order chi connectivity index (χ1) is 12.0. The fourth-order valence-electron chi connectivity index (χ4n) is 3.33. The lowest BCUT2D eigenvalue weighted by Crippen LogP contribution is -2.07. The second-order valence-electron chi connectivity index (χ2n) is 6.44. The summed E-state index contributed by atoms with van der Waals surface area (Å²) in [4.78, 5) is 0. The molecule has 130 valence electrons. The highest BCUT2D eigenvalue weighted by Gasteiger charge is 2.19. The van der Waals surface area contributed by atoms with E-state index in [1.165, 1.54) is 18.2 Å². The number of halogens is 2. The summed E-state index contributed by atoms with van der Waals surface area (Å²) in [7, 11) is 1.92. The van der Waals surface area contributed by atoms with Gasteiger partial charge in [0, 0.05) is 12.6 Å². The lowest BCUT2D eigenvalue weighted by molar-refractivity contribution is 0.512. The van der Waals surface area contributed by atoms with Crippen molar-refractivity contribution < 1.29 is 8.78 Å². The lowest BCUT2D eigenvalue weighted by atomic mass is 9.89. The minimum absolute atomic E-state index is 0.175. The van der Waals surface area contributed by atoms with E-state index in [9.17, 15) is 8.78 Å². The van der Waals surface area contributed by atoms with Gasteiger partial charge in [-0.1, -0.05) is 37.3 Å². The van der Waals surface area contributed by atoms with Crippen molar-refractivity contribution in [3.05, 3.63) is 77.0 Å². The molecule has 2 nitrogen and oxygen atoms in total. The predicted octanol–water partition coefficient (Wildman–Crippen LogP) is 5.41. The summed E-state index contributed by atoms with van der Waals surface area (Å²) in [5.74, 6) is -1.10. The van der Waals surface area contributed by atoms with E-state index in [1.54, 1.807) is 0 Å². The molecule has 1 heterocycles. The fourth-order valence-corrected chi connectivity index (χ4v) is 3.33. The second kappa shape index (κ2) is 7.18. The molecular weight excluding hydrogens is 318 g/mol. The van der Waals surface area contributed by atoms with Crippen LogP contribution >= 0.6 is 0 Å². The maximum atomic E-state index is 14.1. The summed E-state index contributed by atoms with van der Waals surface area (Å²) in [5, 5.41) is 4.36. The van der Waals surface area contributed by atoms with Gasteiger partial charge in [0.1, 0.15) is 11.6 Å². The van der Waals surface area contributed by atoms with Crippen molar-refractivity contribution in [2.75, 3.05) is 0 Å². The van der Waals surface area contributed by atoms with Crippen LogP contribution in [0.3, 0.4) is 0 Å². The van der Waals surface area contributed by atoms with E-state index >= 15 is 0 Å². The van der Waals surface area contributed by atoms with E-state index in [4.69, 9.17) is 0 Å². The van der Waals surface area contributed by atoms with Gasteiger partial charge in [0.15, 0.2) is 0 Å².